The largest absolute Gasteiger partial charge is 0.482 e. The molecule has 1 atom stereocenters. The van der Waals surface area contributed by atoms with Crippen LogP contribution in [0.1, 0.15) is 0 Å². The van der Waals surface area contributed by atoms with E-state index < -0.39 is 0 Å². The van der Waals surface area contributed by atoms with Crippen LogP contribution in [0.5, 0.6) is 5.75 Å². The number of halogens is 2. The number of ether oxygens (including phenoxy) is 2. The Morgan fingerprint density at radius 2 is 2.30 bits per heavy atom. The number of aliphatic hydroxyl groups excluding tert-OH is 1. The van der Waals surface area contributed by atoms with Crippen molar-refractivity contribution in [2.24, 2.45) is 0 Å². The van der Waals surface area contributed by atoms with Crippen LogP contribution in [0.2, 0.25) is 10.0 Å². The van der Waals surface area contributed by atoms with Gasteiger partial charge in [-0.25, -0.2) is 0 Å². The maximum Gasteiger partial charge on any atom is 0.260 e. The number of hydrogen-bond acceptors (Lipinski definition) is 4. The van der Waals surface area contributed by atoms with Crippen LogP contribution in [0.3, 0.4) is 0 Å². The van der Waals surface area contributed by atoms with Crippen LogP contribution >= 0.6 is 23.2 Å². The molecule has 20 heavy (non-hydrogen) atoms. The first-order valence-electron chi connectivity index (χ1n) is 6.17. The van der Waals surface area contributed by atoms with E-state index >= 15 is 0 Å². The van der Waals surface area contributed by atoms with Gasteiger partial charge in [-0.1, -0.05) is 23.2 Å². The number of nitrogens with zero attached hydrogens (tertiary/aromatic N) is 1. The molecule has 2 rings (SSSR count). The normalized spacial score (nSPS) is 18.9. The van der Waals surface area contributed by atoms with Crippen LogP contribution in [0.15, 0.2) is 18.2 Å². The number of hydrogen-bond donors (Lipinski definition) is 1. The maximum absolute atomic E-state index is 12.1. The van der Waals surface area contributed by atoms with Crippen molar-refractivity contribution in [1.82, 2.24) is 4.90 Å². The number of carbonyl (C=O) groups is 1. The van der Waals surface area contributed by atoms with Crippen molar-refractivity contribution >= 4 is 29.1 Å². The highest BCUT2D eigenvalue weighted by Gasteiger charge is 2.26. The number of carbonyl (C=O) groups excluding carboxylic acids is 1. The molecule has 0 bridgehead atoms. The smallest absolute Gasteiger partial charge is 0.260 e. The monoisotopic (exact) mass is 319 g/mol. The zero-order valence-corrected chi connectivity index (χ0v) is 12.2. The van der Waals surface area contributed by atoms with Crippen LogP contribution in [0, 0.1) is 0 Å². The van der Waals surface area contributed by atoms with E-state index in [2.05, 4.69) is 0 Å². The van der Waals surface area contributed by atoms with Gasteiger partial charge in [-0.15, -0.1) is 0 Å². The van der Waals surface area contributed by atoms with E-state index in [0.29, 0.717) is 35.6 Å². The van der Waals surface area contributed by atoms with E-state index in [1.807, 2.05) is 0 Å². The highest BCUT2D eigenvalue weighted by Crippen LogP contribution is 2.27. The highest BCUT2D eigenvalue weighted by molar-refractivity contribution is 6.35. The van der Waals surface area contributed by atoms with Gasteiger partial charge in [-0.05, 0) is 18.2 Å². The summed E-state index contributed by atoms with van der Waals surface area (Å²) in [6, 6.07) is 4.48. The lowest BCUT2D eigenvalue weighted by atomic mass is 10.2. The lowest BCUT2D eigenvalue weighted by molar-refractivity contribution is -0.143. The molecule has 1 saturated heterocycles. The molecule has 1 N–H and O–H groups in total. The zero-order valence-electron chi connectivity index (χ0n) is 10.7. The van der Waals surface area contributed by atoms with Crippen molar-refractivity contribution in [2.75, 3.05) is 33.0 Å². The van der Waals surface area contributed by atoms with E-state index in [9.17, 15) is 9.90 Å². The SMILES string of the molecule is O=C(COc1ccc(Cl)cc1Cl)N1CCOCC1CO. The van der Waals surface area contributed by atoms with E-state index in [-0.39, 0.29) is 25.2 Å². The lowest BCUT2D eigenvalue weighted by Crippen LogP contribution is -2.51. The van der Waals surface area contributed by atoms with Gasteiger partial charge < -0.3 is 19.5 Å². The van der Waals surface area contributed by atoms with Crippen LogP contribution < -0.4 is 4.74 Å². The summed E-state index contributed by atoms with van der Waals surface area (Å²) in [6.07, 6.45) is 0. The van der Waals surface area contributed by atoms with Crippen molar-refractivity contribution in [1.29, 1.82) is 0 Å². The first kappa shape index (κ1) is 15.4. The molecule has 5 nitrogen and oxygen atoms in total. The van der Waals surface area contributed by atoms with Crippen molar-refractivity contribution in [3.8, 4) is 5.75 Å². The third kappa shape index (κ3) is 3.76. The average molecular weight is 320 g/mol. The fourth-order valence-electron chi connectivity index (χ4n) is 1.95. The average Bonchev–Trinajstić information content (AvgIpc) is 2.46. The van der Waals surface area contributed by atoms with Crippen LogP contribution in [-0.4, -0.2) is 54.9 Å². The molecule has 1 aliphatic heterocycles. The summed E-state index contributed by atoms with van der Waals surface area (Å²) in [7, 11) is 0. The standard InChI is InChI=1S/C13H15Cl2NO4/c14-9-1-2-12(11(15)5-9)20-8-13(18)16-3-4-19-7-10(16)6-17/h1-2,5,10,17H,3-4,6-8H2. The number of aliphatic hydroxyl groups is 1. The van der Waals surface area contributed by atoms with Gasteiger partial charge in [0, 0.05) is 11.6 Å². The summed E-state index contributed by atoms with van der Waals surface area (Å²) in [4.78, 5) is 13.6. The number of amides is 1. The van der Waals surface area contributed by atoms with E-state index in [4.69, 9.17) is 32.7 Å². The number of morpholine rings is 1. The van der Waals surface area contributed by atoms with Crippen LogP contribution in [-0.2, 0) is 9.53 Å². The Bertz CT molecular complexity index is 483. The molecular formula is C13H15Cl2NO4. The Morgan fingerprint density at radius 3 is 3.00 bits per heavy atom. The lowest BCUT2D eigenvalue weighted by Gasteiger charge is -2.34. The van der Waals surface area contributed by atoms with Gasteiger partial charge in [0.1, 0.15) is 5.75 Å². The Morgan fingerprint density at radius 1 is 1.50 bits per heavy atom. The van der Waals surface area contributed by atoms with Gasteiger partial charge in [0.25, 0.3) is 5.91 Å². The minimum absolute atomic E-state index is 0.132. The summed E-state index contributed by atoms with van der Waals surface area (Å²) in [5.41, 5.74) is 0. The van der Waals surface area contributed by atoms with Crippen molar-refractivity contribution in [3.63, 3.8) is 0 Å². The third-order valence-corrected chi connectivity index (χ3v) is 3.53. The quantitative estimate of drug-likeness (QED) is 0.915. The van der Waals surface area contributed by atoms with Gasteiger partial charge >= 0.3 is 0 Å². The molecule has 0 spiro atoms. The van der Waals surface area contributed by atoms with E-state index in [0.717, 1.165) is 0 Å². The molecule has 0 saturated carbocycles. The first-order chi connectivity index (χ1) is 9.61. The van der Waals surface area contributed by atoms with Gasteiger partial charge in [0.15, 0.2) is 6.61 Å². The molecule has 1 heterocycles. The fraction of sp³-hybridized carbons (Fsp3) is 0.462. The summed E-state index contributed by atoms with van der Waals surface area (Å²) < 4.78 is 10.6. The molecule has 0 radical (unpaired) electrons. The number of rotatable bonds is 4. The summed E-state index contributed by atoms with van der Waals surface area (Å²) >= 11 is 11.7. The molecule has 110 valence electrons. The molecule has 1 amide bonds. The second-order valence-corrected chi connectivity index (χ2v) is 5.21. The van der Waals surface area contributed by atoms with Crippen molar-refractivity contribution < 1.29 is 19.4 Å². The van der Waals surface area contributed by atoms with Gasteiger partial charge in [-0.3, -0.25) is 4.79 Å². The predicted octanol–water partition coefficient (Wildman–Crippen LogP) is 1.59. The fourth-order valence-corrected chi connectivity index (χ4v) is 2.41. The second kappa shape index (κ2) is 7.13. The molecular weight excluding hydrogens is 305 g/mol. The minimum Gasteiger partial charge on any atom is -0.482 e. The molecule has 1 fully saturated rings. The topological polar surface area (TPSA) is 59.0 Å². The van der Waals surface area contributed by atoms with Gasteiger partial charge in [0.05, 0.1) is 30.9 Å². The van der Waals surface area contributed by atoms with Gasteiger partial charge in [0.2, 0.25) is 0 Å². The first-order valence-corrected chi connectivity index (χ1v) is 6.93. The predicted molar refractivity (Wildman–Crippen MR) is 75.4 cm³/mol. The molecule has 0 aliphatic carbocycles. The van der Waals surface area contributed by atoms with Crippen LogP contribution in [0.25, 0.3) is 0 Å². The Labute approximate surface area is 127 Å². The third-order valence-electron chi connectivity index (χ3n) is 3.00. The zero-order chi connectivity index (χ0) is 14.5. The Hall–Kier alpha value is -1.01. The molecule has 1 unspecified atom stereocenters. The molecule has 1 aromatic carbocycles. The Kier molecular flexibility index (Phi) is 5.48. The summed E-state index contributed by atoms with van der Waals surface area (Å²) in [5, 5.41) is 10.1. The van der Waals surface area contributed by atoms with Gasteiger partial charge in [-0.2, -0.15) is 0 Å². The molecule has 1 aliphatic rings. The molecule has 7 heteroatoms. The van der Waals surface area contributed by atoms with E-state index in [1.54, 1.807) is 23.1 Å². The summed E-state index contributed by atoms with van der Waals surface area (Å²) in [6.45, 7) is 0.973. The molecule has 1 aromatic rings. The van der Waals surface area contributed by atoms with Crippen LogP contribution in [0.4, 0.5) is 0 Å². The van der Waals surface area contributed by atoms with Crippen molar-refractivity contribution in [2.45, 2.75) is 6.04 Å². The summed E-state index contributed by atoms with van der Waals surface area (Å²) in [5.74, 6) is 0.191. The molecule has 0 aromatic heterocycles. The van der Waals surface area contributed by atoms with E-state index in [1.165, 1.54) is 0 Å². The number of benzene rings is 1. The highest BCUT2D eigenvalue weighted by atomic mass is 35.5. The Balaban J connectivity index is 1.94. The maximum atomic E-state index is 12.1. The van der Waals surface area contributed by atoms with Crippen molar-refractivity contribution in [3.05, 3.63) is 28.2 Å². The second-order valence-electron chi connectivity index (χ2n) is 4.36. The minimum atomic E-state index is -0.319.